The van der Waals surface area contributed by atoms with Crippen molar-refractivity contribution >= 4 is 11.7 Å². The van der Waals surface area contributed by atoms with Crippen LogP contribution in [0.5, 0.6) is 0 Å². The van der Waals surface area contributed by atoms with Gasteiger partial charge in [0.25, 0.3) is 5.91 Å². The number of amides is 1. The number of fused-ring (bicyclic) bond motifs is 1. The van der Waals surface area contributed by atoms with Gasteiger partial charge in [-0.3, -0.25) is 4.79 Å². The van der Waals surface area contributed by atoms with Gasteiger partial charge < -0.3 is 19.0 Å². The number of piperidine rings is 1. The molecule has 11 heteroatoms. The molecule has 0 unspecified atom stereocenters. The summed E-state index contributed by atoms with van der Waals surface area (Å²) < 4.78 is 49.2. The molecule has 3 saturated heterocycles. The normalized spacial score (nSPS) is 23.8. The summed E-state index contributed by atoms with van der Waals surface area (Å²) in [6.07, 6.45) is -0.670. The van der Waals surface area contributed by atoms with Crippen molar-refractivity contribution in [2.75, 3.05) is 18.0 Å². The van der Waals surface area contributed by atoms with Crippen LogP contribution in [-0.2, 0) is 15.7 Å². The number of ether oxygens (including phenoxy) is 1. The molecule has 1 amide bonds. The Bertz CT molecular complexity index is 1220. The first-order chi connectivity index (χ1) is 16.8. The molecule has 0 bridgehead atoms. The lowest BCUT2D eigenvalue weighted by Crippen LogP contribution is -2.50. The van der Waals surface area contributed by atoms with Gasteiger partial charge in [0.15, 0.2) is 5.60 Å². The zero-order valence-electron chi connectivity index (χ0n) is 18.6. The molecular weight excluding hydrogens is 463 g/mol. The molecule has 3 aromatic rings. The average Bonchev–Trinajstić information content (AvgIpc) is 3.58. The Morgan fingerprint density at radius 2 is 1.77 bits per heavy atom. The number of hydrogen-bond donors (Lipinski definition) is 0. The number of aromatic nitrogens is 3. The second-order valence-electron chi connectivity index (χ2n) is 9.09. The van der Waals surface area contributed by atoms with E-state index in [4.69, 9.17) is 9.15 Å². The molecule has 2 aromatic heterocycles. The first-order valence-electron chi connectivity index (χ1n) is 11.5. The summed E-state index contributed by atoms with van der Waals surface area (Å²) in [6.45, 7) is 1.15. The van der Waals surface area contributed by atoms with Crippen LogP contribution in [0.25, 0.3) is 11.5 Å². The standard InChI is InChI=1S/C24H22F3N5O3/c25-24(26,27)21-30-29-20(34-21)16-6-8-18(28-14-16)31-12-10-23(11-13-31)22(33)32-17(7-9-19(32)35-23)15-4-2-1-3-5-15/h1-6,8,14,17,19H,7,9-13H2/t17-,19+/m0/s1. The van der Waals surface area contributed by atoms with E-state index in [1.54, 1.807) is 12.1 Å². The van der Waals surface area contributed by atoms with Crippen LogP contribution in [0, 0.1) is 0 Å². The highest BCUT2D eigenvalue weighted by Crippen LogP contribution is 2.47. The number of carbonyl (C=O) groups is 1. The van der Waals surface area contributed by atoms with E-state index in [2.05, 4.69) is 27.3 Å². The van der Waals surface area contributed by atoms with Gasteiger partial charge in [-0.25, -0.2) is 4.98 Å². The van der Waals surface area contributed by atoms with Crippen molar-refractivity contribution in [3.8, 4) is 11.5 Å². The summed E-state index contributed by atoms with van der Waals surface area (Å²) in [5, 5.41) is 6.50. The third-order valence-corrected chi connectivity index (χ3v) is 7.06. The Morgan fingerprint density at radius 1 is 1.00 bits per heavy atom. The molecule has 1 spiro atoms. The van der Waals surface area contributed by atoms with Gasteiger partial charge in [0.05, 0.1) is 11.6 Å². The molecule has 0 saturated carbocycles. The summed E-state index contributed by atoms with van der Waals surface area (Å²) in [5.41, 5.74) is 0.619. The monoisotopic (exact) mass is 485 g/mol. The van der Waals surface area contributed by atoms with Crippen LogP contribution in [0.3, 0.4) is 0 Å². The Balaban J connectivity index is 1.13. The van der Waals surface area contributed by atoms with Crippen molar-refractivity contribution in [1.82, 2.24) is 20.1 Å². The van der Waals surface area contributed by atoms with E-state index in [9.17, 15) is 18.0 Å². The van der Waals surface area contributed by atoms with Crippen LogP contribution in [0.15, 0.2) is 53.1 Å². The number of rotatable bonds is 3. The van der Waals surface area contributed by atoms with Gasteiger partial charge in [-0.15, -0.1) is 10.2 Å². The summed E-state index contributed by atoms with van der Waals surface area (Å²) in [6, 6.07) is 13.4. The average molecular weight is 485 g/mol. The Hall–Kier alpha value is -3.47. The lowest BCUT2D eigenvalue weighted by molar-refractivity contribution is -0.157. The van der Waals surface area contributed by atoms with Gasteiger partial charge in [0.2, 0.25) is 5.89 Å². The van der Waals surface area contributed by atoms with Gasteiger partial charge in [-0.05, 0) is 30.5 Å². The van der Waals surface area contributed by atoms with Gasteiger partial charge in [-0.1, -0.05) is 30.3 Å². The maximum absolute atomic E-state index is 13.5. The minimum Gasteiger partial charge on any atom is -0.413 e. The predicted molar refractivity (Wildman–Crippen MR) is 117 cm³/mol. The molecule has 2 atom stereocenters. The van der Waals surface area contributed by atoms with Gasteiger partial charge in [0, 0.05) is 32.1 Å². The minimum absolute atomic E-state index is 0.0443. The fourth-order valence-electron chi connectivity index (χ4n) is 5.30. The number of pyridine rings is 1. The third-order valence-electron chi connectivity index (χ3n) is 7.06. The van der Waals surface area contributed by atoms with E-state index in [1.807, 2.05) is 28.0 Å². The molecule has 3 aliphatic heterocycles. The largest absolute Gasteiger partial charge is 0.470 e. The number of halogens is 3. The maximum atomic E-state index is 13.5. The van der Waals surface area contributed by atoms with Crippen molar-refractivity contribution < 1.29 is 27.1 Å². The lowest BCUT2D eigenvalue weighted by atomic mass is 9.89. The maximum Gasteiger partial charge on any atom is 0.470 e. The predicted octanol–water partition coefficient (Wildman–Crippen LogP) is 4.21. The first kappa shape index (κ1) is 22.0. The number of anilines is 1. The fourth-order valence-corrected chi connectivity index (χ4v) is 5.30. The number of alkyl halides is 3. The smallest absolute Gasteiger partial charge is 0.413 e. The van der Waals surface area contributed by atoms with E-state index in [0.717, 1.165) is 18.4 Å². The van der Waals surface area contributed by atoms with Crippen LogP contribution in [-0.4, -0.2) is 50.9 Å². The molecule has 3 aliphatic rings. The van der Waals surface area contributed by atoms with Gasteiger partial charge >= 0.3 is 12.1 Å². The summed E-state index contributed by atoms with van der Waals surface area (Å²) in [7, 11) is 0. The van der Waals surface area contributed by atoms with E-state index < -0.39 is 17.7 Å². The van der Waals surface area contributed by atoms with Gasteiger partial charge in [0.1, 0.15) is 12.0 Å². The highest BCUT2D eigenvalue weighted by atomic mass is 19.4. The zero-order chi connectivity index (χ0) is 24.2. The number of carbonyl (C=O) groups excluding carboxylic acids is 1. The first-order valence-corrected chi connectivity index (χ1v) is 11.5. The molecule has 1 aromatic carbocycles. The number of benzene rings is 1. The second-order valence-corrected chi connectivity index (χ2v) is 9.09. The Labute approximate surface area is 198 Å². The van der Waals surface area contributed by atoms with Crippen molar-refractivity contribution in [2.45, 2.75) is 49.7 Å². The fraction of sp³-hybridized carbons (Fsp3) is 0.417. The Morgan fingerprint density at radius 3 is 2.43 bits per heavy atom. The van der Waals surface area contributed by atoms with Crippen LogP contribution >= 0.6 is 0 Å². The highest BCUT2D eigenvalue weighted by Gasteiger charge is 2.58. The van der Waals surface area contributed by atoms with Crippen molar-refractivity contribution in [3.63, 3.8) is 0 Å². The van der Waals surface area contributed by atoms with E-state index in [1.165, 1.54) is 6.20 Å². The SMILES string of the molecule is O=C1N2[C@@H](CC[C@H]2c2ccccc2)OC12CCN(c1ccc(-c3nnc(C(F)(F)F)o3)cn1)CC2. The van der Waals surface area contributed by atoms with Gasteiger partial charge in [-0.2, -0.15) is 13.2 Å². The molecule has 6 rings (SSSR count). The van der Waals surface area contributed by atoms with Crippen LogP contribution < -0.4 is 4.90 Å². The van der Waals surface area contributed by atoms with Crippen LogP contribution in [0.4, 0.5) is 19.0 Å². The topological polar surface area (TPSA) is 84.6 Å². The summed E-state index contributed by atoms with van der Waals surface area (Å²) in [4.78, 5) is 21.9. The van der Waals surface area contributed by atoms with Crippen molar-refractivity contribution in [3.05, 3.63) is 60.1 Å². The number of hydrogen-bond acceptors (Lipinski definition) is 7. The molecular formula is C24H22F3N5O3. The number of nitrogens with zero attached hydrogens (tertiary/aromatic N) is 5. The zero-order valence-corrected chi connectivity index (χ0v) is 18.6. The van der Waals surface area contributed by atoms with E-state index in [-0.39, 0.29) is 24.1 Å². The van der Waals surface area contributed by atoms with E-state index in [0.29, 0.717) is 37.3 Å². The highest BCUT2D eigenvalue weighted by molar-refractivity contribution is 5.88. The Kier molecular flexibility index (Phi) is 5.06. The second kappa shape index (κ2) is 8.04. The van der Waals surface area contributed by atoms with Crippen molar-refractivity contribution in [1.29, 1.82) is 0 Å². The van der Waals surface area contributed by atoms with E-state index >= 15 is 0 Å². The molecule has 8 nitrogen and oxygen atoms in total. The van der Waals surface area contributed by atoms with Crippen LogP contribution in [0.2, 0.25) is 0 Å². The quantitative estimate of drug-likeness (QED) is 0.550. The molecule has 35 heavy (non-hydrogen) atoms. The van der Waals surface area contributed by atoms with Crippen molar-refractivity contribution in [2.24, 2.45) is 0 Å². The van der Waals surface area contributed by atoms with Crippen LogP contribution in [0.1, 0.15) is 43.2 Å². The molecule has 0 radical (unpaired) electrons. The molecule has 0 aliphatic carbocycles. The third kappa shape index (κ3) is 3.74. The summed E-state index contributed by atoms with van der Waals surface area (Å²) >= 11 is 0. The molecule has 0 N–H and O–H groups in total. The molecule has 3 fully saturated rings. The molecule has 182 valence electrons. The minimum atomic E-state index is -4.70. The summed E-state index contributed by atoms with van der Waals surface area (Å²) in [5.74, 6) is -0.914. The molecule has 5 heterocycles. The lowest BCUT2D eigenvalue weighted by Gasteiger charge is -2.38.